The summed E-state index contributed by atoms with van der Waals surface area (Å²) >= 11 is 0. The summed E-state index contributed by atoms with van der Waals surface area (Å²) in [6, 6.07) is 9.11. The predicted octanol–water partition coefficient (Wildman–Crippen LogP) is 2.60. The summed E-state index contributed by atoms with van der Waals surface area (Å²) in [5, 5.41) is 7.26. The van der Waals surface area contributed by atoms with Crippen molar-refractivity contribution in [2.75, 3.05) is 24.3 Å². The van der Waals surface area contributed by atoms with Gasteiger partial charge < -0.3 is 10.2 Å². The summed E-state index contributed by atoms with van der Waals surface area (Å²) < 4.78 is 1.77. The molecule has 7 heteroatoms. The number of hydrogen-bond acceptors (Lipinski definition) is 5. The van der Waals surface area contributed by atoms with Crippen LogP contribution in [0.1, 0.15) is 21.7 Å². The molecule has 7 nitrogen and oxygen atoms in total. The molecule has 0 unspecified atom stereocenters. The van der Waals surface area contributed by atoms with Crippen LogP contribution in [-0.2, 0) is 0 Å². The lowest BCUT2D eigenvalue weighted by atomic mass is 10.2. The number of hydrogen-bond donors (Lipinski definition) is 1. The van der Waals surface area contributed by atoms with Gasteiger partial charge in [0.25, 0.3) is 5.91 Å². The van der Waals surface area contributed by atoms with Gasteiger partial charge in [-0.15, -0.1) is 0 Å². The van der Waals surface area contributed by atoms with Gasteiger partial charge in [0.05, 0.1) is 23.1 Å². The number of aromatic nitrogens is 4. The SMILES string of the molecule is Cc1cc(C)n(-c2ccc(NC(=O)c3cccnc3N(C)C)cn2)n1. The Balaban J connectivity index is 1.80. The van der Waals surface area contributed by atoms with Crippen LogP contribution in [0.4, 0.5) is 11.5 Å². The molecule has 3 rings (SSSR count). The Morgan fingerprint density at radius 3 is 2.56 bits per heavy atom. The van der Waals surface area contributed by atoms with Crippen molar-refractivity contribution in [3.8, 4) is 5.82 Å². The first-order valence-electron chi connectivity index (χ1n) is 7.89. The zero-order valence-corrected chi connectivity index (χ0v) is 14.7. The Hall–Kier alpha value is -3.22. The molecule has 0 aliphatic carbocycles. The number of carbonyl (C=O) groups excluding carboxylic acids is 1. The fourth-order valence-corrected chi connectivity index (χ4v) is 2.58. The number of nitrogens with one attached hydrogen (secondary N) is 1. The normalized spacial score (nSPS) is 10.6. The largest absolute Gasteiger partial charge is 0.362 e. The third-order valence-electron chi connectivity index (χ3n) is 3.69. The van der Waals surface area contributed by atoms with Gasteiger partial charge >= 0.3 is 0 Å². The lowest BCUT2D eigenvalue weighted by Crippen LogP contribution is -2.19. The van der Waals surface area contributed by atoms with Crippen LogP contribution in [-0.4, -0.2) is 39.8 Å². The van der Waals surface area contributed by atoms with Crippen molar-refractivity contribution in [3.05, 3.63) is 59.7 Å². The van der Waals surface area contributed by atoms with Gasteiger partial charge in [-0.3, -0.25) is 4.79 Å². The fourth-order valence-electron chi connectivity index (χ4n) is 2.58. The molecule has 3 aromatic heterocycles. The van der Waals surface area contributed by atoms with Crippen molar-refractivity contribution in [3.63, 3.8) is 0 Å². The van der Waals surface area contributed by atoms with Crippen molar-refractivity contribution in [1.82, 2.24) is 19.7 Å². The molecule has 1 N–H and O–H groups in total. The van der Waals surface area contributed by atoms with Crippen LogP contribution in [0.25, 0.3) is 5.82 Å². The zero-order chi connectivity index (χ0) is 18.0. The van der Waals surface area contributed by atoms with Crippen LogP contribution in [0.2, 0.25) is 0 Å². The third-order valence-corrected chi connectivity index (χ3v) is 3.69. The minimum atomic E-state index is -0.225. The number of anilines is 2. The van der Waals surface area contributed by atoms with E-state index in [1.807, 2.05) is 46.1 Å². The van der Waals surface area contributed by atoms with E-state index in [1.54, 1.807) is 34.1 Å². The first kappa shape index (κ1) is 16.6. The summed E-state index contributed by atoms with van der Waals surface area (Å²) in [7, 11) is 3.70. The number of rotatable bonds is 4. The van der Waals surface area contributed by atoms with E-state index >= 15 is 0 Å². The summed E-state index contributed by atoms with van der Waals surface area (Å²) in [6.07, 6.45) is 3.28. The first-order chi connectivity index (χ1) is 12.0. The van der Waals surface area contributed by atoms with E-state index in [9.17, 15) is 4.79 Å². The monoisotopic (exact) mass is 336 g/mol. The van der Waals surface area contributed by atoms with Crippen molar-refractivity contribution < 1.29 is 4.79 Å². The summed E-state index contributed by atoms with van der Waals surface area (Å²) in [6.45, 7) is 3.91. The van der Waals surface area contributed by atoms with E-state index < -0.39 is 0 Å². The van der Waals surface area contributed by atoms with Gasteiger partial charge in [-0.25, -0.2) is 14.6 Å². The van der Waals surface area contributed by atoms with E-state index in [-0.39, 0.29) is 5.91 Å². The number of amides is 1. The number of pyridine rings is 2. The van der Waals surface area contributed by atoms with Crippen molar-refractivity contribution in [2.45, 2.75) is 13.8 Å². The Kier molecular flexibility index (Phi) is 4.47. The average molecular weight is 336 g/mol. The number of carbonyl (C=O) groups is 1. The van der Waals surface area contributed by atoms with Crippen LogP contribution in [0.15, 0.2) is 42.7 Å². The number of aryl methyl sites for hydroxylation is 2. The minimum Gasteiger partial charge on any atom is -0.362 e. The highest BCUT2D eigenvalue weighted by atomic mass is 16.1. The van der Waals surface area contributed by atoms with Gasteiger partial charge in [-0.2, -0.15) is 5.10 Å². The molecular formula is C18H20N6O. The van der Waals surface area contributed by atoms with Crippen molar-refractivity contribution in [1.29, 1.82) is 0 Å². The van der Waals surface area contributed by atoms with E-state index in [4.69, 9.17) is 0 Å². The quantitative estimate of drug-likeness (QED) is 0.792. The molecular weight excluding hydrogens is 316 g/mol. The molecule has 0 aliphatic rings. The van der Waals surface area contributed by atoms with Crippen LogP contribution in [0.3, 0.4) is 0 Å². The molecule has 0 atom stereocenters. The molecule has 3 heterocycles. The molecule has 0 radical (unpaired) electrons. The van der Waals surface area contributed by atoms with Gasteiger partial charge in [0.15, 0.2) is 5.82 Å². The first-order valence-corrected chi connectivity index (χ1v) is 7.89. The molecule has 0 bridgehead atoms. The highest BCUT2D eigenvalue weighted by Crippen LogP contribution is 2.17. The van der Waals surface area contributed by atoms with Crippen LogP contribution in [0.5, 0.6) is 0 Å². The Labute approximate surface area is 146 Å². The Bertz CT molecular complexity index is 898. The van der Waals surface area contributed by atoms with Gasteiger partial charge in [0, 0.05) is 26.0 Å². The molecule has 0 aliphatic heterocycles. The fraction of sp³-hybridized carbons (Fsp3) is 0.222. The van der Waals surface area contributed by atoms with Crippen molar-refractivity contribution in [2.24, 2.45) is 0 Å². The average Bonchev–Trinajstić information content (AvgIpc) is 2.94. The van der Waals surface area contributed by atoms with Gasteiger partial charge in [0.1, 0.15) is 5.82 Å². The molecule has 128 valence electrons. The molecule has 0 fully saturated rings. The van der Waals surface area contributed by atoms with Crippen LogP contribution >= 0.6 is 0 Å². The second kappa shape index (κ2) is 6.72. The van der Waals surface area contributed by atoms with E-state index in [2.05, 4.69) is 20.4 Å². The molecule has 0 saturated heterocycles. The standard InChI is InChI=1S/C18H20N6O/c1-12-10-13(2)24(22-12)16-8-7-14(11-20-16)21-18(25)15-6-5-9-19-17(15)23(3)4/h5-11H,1-4H3,(H,21,25). The lowest BCUT2D eigenvalue weighted by molar-refractivity contribution is 0.102. The summed E-state index contributed by atoms with van der Waals surface area (Å²) in [5.74, 6) is 1.10. The molecule has 25 heavy (non-hydrogen) atoms. The van der Waals surface area contributed by atoms with E-state index in [1.165, 1.54) is 0 Å². The van der Waals surface area contributed by atoms with E-state index in [0.717, 1.165) is 11.4 Å². The smallest absolute Gasteiger partial charge is 0.259 e. The Morgan fingerprint density at radius 2 is 1.96 bits per heavy atom. The second-order valence-electron chi connectivity index (χ2n) is 5.97. The maximum atomic E-state index is 12.5. The van der Waals surface area contributed by atoms with Crippen LogP contribution in [0, 0.1) is 13.8 Å². The topological polar surface area (TPSA) is 75.9 Å². The second-order valence-corrected chi connectivity index (χ2v) is 5.97. The minimum absolute atomic E-state index is 0.225. The maximum absolute atomic E-state index is 12.5. The zero-order valence-electron chi connectivity index (χ0n) is 14.7. The third kappa shape index (κ3) is 3.50. The van der Waals surface area contributed by atoms with Gasteiger partial charge in [0.2, 0.25) is 0 Å². The molecule has 0 aromatic carbocycles. The van der Waals surface area contributed by atoms with E-state index in [0.29, 0.717) is 22.9 Å². The van der Waals surface area contributed by atoms with Crippen molar-refractivity contribution >= 4 is 17.4 Å². The van der Waals surface area contributed by atoms with Crippen LogP contribution < -0.4 is 10.2 Å². The highest BCUT2D eigenvalue weighted by molar-refractivity contribution is 6.07. The molecule has 0 saturated carbocycles. The maximum Gasteiger partial charge on any atom is 0.259 e. The summed E-state index contributed by atoms with van der Waals surface area (Å²) in [4.78, 5) is 23.0. The summed E-state index contributed by atoms with van der Waals surface area (Å²) in [5.41, 5.74) is 3.07. The molecule has 1 amide bonds. The predicted molar refractivity (Wildman–Crippen MR) is 97.4 cm³/mol. The lowest BCUT2D eigenvalue weighted by Gasteiger charge is -2.15. The number of nitrogens with zero attached hydrogens (tertiary/aromatic N) is 5. The van der Waals surface area contributed by atoms with Gasteiger partial charge in [-0.1, -0.05) is 0 Å². The molecule has 3 aromatic rings. The molecule has 0 spiro atoms. The van der Waals surface area contributed by atoms with Gasteiger partial charge in [-0.05, 0) is 44.2 Å². The Morgan fingerprint density at radius 1 is 1.16 bits per heavy atom. The highest BCUT2D eigenvalue weighted by Gasteiger charge is 2.14.